The predicted molar refractivity (Wildman–Crippen MR) is 172 cm³/mol. The van der Waals surface area contributed by atoms with Gasteiger partial charge in [0.05, 0.1) is 27.7 Å². The Labute approximate surface area is 275 Å². The zero-order valence-corrected chi connectivity index (χ0v) is 26.8. The van der Waals surface area contributed by atoms with Crippen LogP contribution in [-0.4, -0.2) is 37.0 Å². The summed E-state index contributed by atoms with van der Waals surface area (Å²) in [5, 5.41) is 30.1. The molecule has 238 valence electrons. The van der Waals surface area contributed by atoms with Crippen molar-refractivity contribution >= 4 is 62.4 Å². The molecule has 0 unspecified atom stereocenters. The molecule has 0 saturated heterocycles. The molecule has 2 aliphatic heterocycles. The number of fused-ring (bicyclic) bond motifs is 8. The van der Waals surface area contributed by atoms with E-state index in [1.54, 1.807) is 24.3 Å². The smallest absolute Gasteiger partial charge is 0.303 e. The summed E-state index contributed by atoms with van der Waals surface area (Å²) in [5.74, 6) is -1.88. The van der Waals surface area contributed by atoms with Crippen LogP contribution in [0, 0.1) is 24.0 Å². The quantitative estimate of drug-likeness (QED) is 0.149. The van der Waals surface area contributed by atoms with E-state index in [-0.39, 0.29) is 42.8 Å². The molecular formula is C34H31FeN5O6-2. The third-order valence-corrected chi connectivity index (χ3v) is 8.22. The van der Waals surface area contributed by atoms with Crippen LogP contribution in [0.25, 0.3) is 50.4 Å². The van der Waals surface area contributed by atoms with Crippen LogP contribution in [0.3, 0.4) is 0 Å². The van der Waals surface area contributed by atoms with Crippen molar-refractivity contribution < 1.29 is 41.8 Å². The number of carboxylic acid groups (broad SMARTS) is 2. The van der Waals surface area contributed by atoms with E-state index < -0.39 is 16.9 Å². The van der Waals surface area contributed by atoms with Crippen molar-refractivity contribution in [3.05, 3.63) is 98.3 Å². The number of aliphatic carboxylic acids is 2. The van der Waals surface area contributed by atoms with Crippen LogP contribution in [-0.2, 0) is 33.1 Å². The fourth-order valence-corrected chi connectivity index (χ4v) is 5.70. The van der Waals surface area contributed by atoms with E-state index >= 15 is 0 Å². The molecule has 5 heterocycles. The Morgan fingerprint density at radius 2 is 1.37 bits per heavy atom. The molecule has 12 heteroatoms. The fourth-order valence-electron chi connectivity index (χ4n) is 5.70. The van der Waals surface area contributed by atoms with Crippen LogP contribution in [0.15, 0.2) is 43.1 Å². The second-order valence-corrected chi connectivity index (χ2v) is 11.0. The van der Waals surface area contributed by atoms with Crippen molar-refractivity contribution in [2.45, 2.75) is 53.4 Å². The Balaban J connectivity index is 0.00000480. The van der Waals surface area contributed by atoms with Gasteiger partial charge in [0.25, 0.3) is 0 Å². The first-order valence-electron chi connectivity index (χ1n) is 14.3. The summed E-state index contributed by atoms with van der Waals surface area (Å²) in [7, 11) is 0. The van der Waals surface area contributed by atoms with Gasteiger partial charge >= 0.3 is 11.9 Å². The zero-order valence-electron chi connectivity index (χ0n) is 25.7. The molecule has 0 aromatic carbocycles. The first kappa shape index (κ1) is 33.8. The molecule has 0 amide bonds. The molecule has 8 bridgehead atoms. The Morgan fingerprint density at radius 3 is 2.02 bits per heavy atom. The average Bonchev–Trinajstić information content (AvgIpc) is 3.63. The summed E-state index contributed by atoms with van der Waals surface area (Å²) in [6, 6.07) is 7.20. The summed E-state index contributed by atoms with van der Waals surface area (Å²) < 4.78 is 0. The Morgan fingerprint density at radius 1 is 0.826 bits per heavy atom. The van der Waals surface area contributed by atoms with E-state index in [0.29, 0.717) is 56.0 Å². The standard InChI is InChI=1S/C34H33N5O6.Fe/c1-6-21-17(2)27-15-30-24(11-12-39(44)45)20(5)26(36-30)13-25-18(3)22(7-9-33(40)41)31(37-25)16-32-23(8-10-34(42)43)19(4)28(38-32)14-29(21)35-27;/h6,11-16H,1,7-10H2,2-5H3,(H4,35,36,37,38,40,41,42,43);/p-2/b12-11+,25-13?,26-13?,27-15?,28-14?,29-14?,30-15?,31-16?,32-16?;. The van der Waals surface area contributed by atoms with Crippen molar-refractivity contribution in [3.63, 3.8) is 0 Å². The van der Waals surface area contributed by atoms with Crippen molar-refractivity contribution in [2.75, 3.05) is 0 Å². The molecule has 0 saturated carbocycles. The molecule has 3 aromatic rings. The van der Waals surface area contributed by atoms with Gasteiger partial charge in [-0.1, -0.05) is 53.6 Å². The van der Waals surface area contributed by atoms with Gasteiger partial charge in [0, 0.05) is 41.6 Å². The van der Waals surface area contributed by atoms with Crippen LogP contribution in [0.5, 0.6) is 0 Å². The molecule has 46 heavy (non-hydrogen) atoms. The van der Waals surface area contributed by atoms with Crippen LogP contribution >= 0.6 is 0 Å². The molecular weight excluding hydrogens is 630 g/mol. The molecule has 2 N–H and O–H groups in total. The van der Waals surface area contributed by atoms with Gasteiger partial charge in [0.2, 0.25) is 6.20 Å². The number of hydrogen-bond acceptors (Lipinski definition) is 6. The number of allylic oxidation sites excluding steroid dienone is 5. The van der Waals surface area contributed by atoms with E-state index in [1.165, 1.54) is 6.08 Å². The molecule has 0 atom stereocenters. The van der Waals surface area contributed by atoms with Crippen molar-refractivity contribution in [2.24, 2.45) is 0 Å². The number of aromatic nitrogens is 4. The number of carbonyl (C=O) groups is 2. The summed E-state index contributed by atoms with van der Waals surface area (Å²) in [6.07, 6.45) is 4.27. The van der Waals surface area contributed by atoms with Gasteiger partial charge in [-0.2, -0.15) is 0 Å². The van der Waals surface area contributed by atoms with Gasteiger partial charge in [0.1, 0.15) is 0 Å². The SMILES string of the molecule is C=Cc1c(C)c2cc3nc(cc4[n-]c(cc5nc(cc1[n-]2)C(C)=C5CCC(=O)O)c(CCC(=O)O)c4C)C(C)=C3/C=C/[N+](=O)[O-].[Fe]. The molecule has 5 rings (SSSR count). The van der Waals surface area contributed by atoms with Gasteiger partial charge < -0.3 is 20.2 Å². The molecule has 0 radical (unpaired) electrons. The molecule has 0 aliphatic carbocycles. The number of nitrogens with zero attached hydrogens (tertiary/aromatic N) is 5. The van der Waals surface area contributed by atoms with Gasteiger partial charge in [-0.25, -0.2) is 9.97 Å². The van der Waals surface area contributed by atoms with Crippen molar-refractivity contribution in [1.29, 1.82) is 0 Å². The van der Waals surface area contributed by atoms with Gasteiger partial charge in [0.15, 0.2) is 0 Å². The van der Waals surface area contributed by atoms with E-state index in [0.717, 1.165) is 39.6 Å². The number of carboxylic acids is 2. The fraction of sp³-hybridized carbons (Fsp3) is 0.235. The normalized spacial score (nSPS) is 12.9. The minimum Gasteiger partial charge on any atom is -0.657 e. The van der Waals surface area contributed by atoms with Crippen LogP contribution in [0.1, 0.15) is 78.1 Å². The van der Waals surface area contributed by atoms with E-state index in [2.05, 4.69) is 6.58 Å². The predicted octanol–water partition coefficient (Wildman–Crippen LogP) is 6.36. The summed E-state index contributed by atoms with van der Waals surface area (Å²) in [4.78, 5) is 53.3. The van der Waals surface area contributed by atoms with Gasteiger partial charge in [-0.05, 0) is 62.8 Å². The second kappa shape index (κ2) is 13.5. The number of nitro groups is 1. The molecule has 0 fully saturated rings. The number of rotatable bonds is 9. The van der Waals surface area contributed by atoms with Crippen LogP contribution in [0.2, 0.25) is 0 Å². The second-order valence-electron chi connectivity index (χ2n) is 11.0. The Kier molecular flexibility index (Phi) is 9.94. The van der Waals surface area contributed by atoms with E-state index in [4.69, 9.17) is 19.9 Å². The Bertz CT molecular complexity index is 2060. The largest absolute Gasteiger partial charge is 0.657 e. The molecule has 11 nitrogen and oxygen atoms in total. The Hall–Kier alpha value is -5.06. The first-order valence-corrected chi connectivity index (χ1v) is 14.3. The zero-order chi connectivity index (χ0) is 32.6. The topological polar surface area (TPSA) is 172 Å². The third kappa shape index (κ3) is 6.63. The maximum absolute atomic E-state index is 11.5. The minimum absolute atomic E-state index is 0. The van der Waals surface area contributed by atoms with Crippen LogP contribution < -0.4 is 9.97 Å². The molecule has 0 spiro atoms. The minimum atomic E-state index is -0.947. The van der Waals surface area contributed by atoms with Crippen LogP contribution in [0.4, 0.5) is 0 Å². The summed E-state index contributed by atoms with van der Waals surface area (Å²) in [5.41, 5.74) is 10.5. The average molecular weight is 661 g/mol. The maximum atomic E-state index is 11.5. The molecule has 3 aromatic heterocycles. The molecule has 2 aliphatic rings. The van der Waals surface area contributed by atoms with Crippen molar-refractivity contribution in [3.8, 4) is 0 Å². The monoisotopic (exact) mass is 661 g/mol. The van der Waals surface area contributed by atoms with Gasteiger partial charge in [-0.3, -0.25) is 19.7 Å². The summed E-state index contributed by atoms with van der Waals surface area (Å²) >= 11 is 0. The first-order chi connectivity index (χ1) is 21.4. The number of aryl methyl sites for hydroxylation is 3. The third-order valence-electron chi connectivity index (χ3n) is 8.22. The van der Waals surface area contributed by atoms with E-state index in [1.807, 2.05) is 33.8 Å². The van der Waals surface area contributed by atoms with Crippen molar-refractivity contribution in [1.82, 2.24) is 19.9 Å². The number of hydrogen-bond donors (Lipinski definition) is 2. The van der Waals surface area contributed by atoms with Gasteiger partial charge in [-0.15, -0.1) is 22.1 Å². The van der Waals surface area contributed by atoms with E-state index in [9.17, 15) is 29.9 Å². The maximum Gasteiger partial charge on any atom is 0.303 e. The summed E-state index contributed by atoms with van der Waals surface area (Å²) in [6.45, 7) is 11.5.